The van der Waals surface area contributed by atoms with Gasteiger partial charge in [0.05, 0.1) is 12.7 Å². The largest absolute Gasteiger partial charge is 0.478 e. The van der Waals surface area contributed by atoms with E-state index in [0.717, 1.165) is 18.9 Å². The summed E-state index contributed by atoms with van der Waals surface area (Å²) in [5, 5.41) is 19.0. The summed E-state index contributed by atoms with van der Waals surface area (Å²) in [7, 11) is 0. The van der Waals surface area contributed by atoms with E-state index in [1.807, 2.05) is 26.8 Å². The number of carbonyl (C=O) groups is 2. The van der Waals surface area contributed by atoms with Gasteiger partial charge in [0.15, 0.2) is 5.78 Å². The van der Waals surface area contributed by atoms with Crippen LogP contribution in [0.2, 0.25) is 0 Å². The fourth-order valence-electron chi connectivity index (χ4n) is 2.99. The topological polar surface area (TPSA) is 83.8 Å². The molecule has 1 fully saturated rings. The Hall–Kier alpha value is -1.46. The van der Waals surface area contributed by atoms with Crippen LogP contribution in [0, 0.1) is 5.92 Å². The van der Waals surface area contributed by atoms with Gasteiger partial charge < -0.3 is 14.9 Å². The zero-order valence-corrected chi connectivity index (χ0v) is 15.9. The molecule has 0 aromatic carbocycles. The maximum atomic E-state index is 12.4. The van der Waals surface area contributed by atoms with Crippen molar-refractivity contribution < 1.29 is 24.5 Å². The van der Waals surface area contributed by atoms with Crippen LogP contribution in [-0.4, -0.2) is 40.3 Å². The molecule has 3 atom stereocenters. The third-order valence-corrected chi connectivity index (χ3v) is 4.90. The van der Waals surface area contributed by atoms with Crippen LogP contribution in [0.3, 0.4) is 0 Å². The van der Waals surface area contributed by atoms with Crippen molar-refractivity contribution in [2.45, 2.75) is 77.9 Å². The zero-order chi connectivity index (χ0) is 19.0. The van der Waals surface area contributed by atoms with Gasteiger partial charge in [0.25, 0.3) is 0 Å². The van der Waals surface area contributed by atoms with E-state index in [1.54, 1.807) is 6.92 Å². The Bertz CT molecular complexity index is 530. The van der Waals surface area contributed by atoms with E-state index in [2.05, 4.69) is 0 Å². The highest BCUT2D eigenvalue weighted by Crippen LogP contribution is 2.29. The van der Waals surface area contributed by atoms with Gasteiger partial charge in [0.2, 0.25) is 0 Å². The van der Waals surface area contributed by atoms with Crippen LogP contribution in [0.4, 0.5) is 0 Å². The highest BCUT2D eigenvalue weighted by Gasteiger charge is 2.35. The molecule has 0 aromatic heterocycles. The second-order valence-corrected chi connectivity index (χ2v) is 7.54. The lowest BCUT2D eigenvalue weighted by atomic mass is 9.88. The minimum Gasteiger partial charge on any atom is -0.478 e. The summed E-state index contributed by atoms with van der Waals surface area (Å²) in [6.45, 7) is 8.03. The van der Waals surface area contributed by atoms with Crippen LogP contribution in [0.5, 0.6) is 0 Å². The Labute approximate surface area is 150 Å². The Morgan fingerprint density at radius 1 is 1.36 bits per heavy atom. The molecule has 5 heteroatoms. The summed E-state index contributed by atoms with van der Waals surface area (Å²) in [5.41, 5.74) is 0.982. The molecule has 1 aliphatic heterocycles. The van der Waals surface area contributed by atoms with Gasteiger partial charge in [-0.15, -0.1) is 0 Å². The van der Waals surface area contributed by atoms with Crippen molar-refractivity contribution in [2.24, 2.45) is 5.92 Å². The summed E-state index contributed by atoms with van der Waals surface area (Å²) in [6.07, 6.45) is 6.41. The van der Waals surface area contributed by atoms with Gasteiger partial charge >= 0.3 is 5.97 Å². The lowest BCUT2D eigenvalue weighted by molar-refractivity contribution is -0.140. The number of allylic oxidation sites excluding steroid dienone is 1. The van der Waals surface area contributed by atoms with E-state index in [-0.39, 0.29) is 24.4 Å². The minimum atomic E-state index is -1.01. The van der Waals surface area contributed by atoms with Crippen LogP contribution in [0.1, 0.15) is 66.2 Å². The van der Waals surface area contributed by atoms with Crippen LogP contribution in [0.25, 0.3) is 0 Å². The van der Waals surface area contributed by atoms with Crippen molar-refractivity contribution in [1.29, 1.82) is 0 Å². The third kappa shape index (κ3) is 7.53. The van der Waals surface area contributed by atoms with Crippen molar-refractivity contribution in [1.82, 2.24) is 0 Å². The highest BCUT2D eigenvalue weighted by molar-refractivity contribution is 5.88. The number of ether oxygens (including phenoxy) is 1. The van der Waals surface area contributed by atoms with Crippen molar-refractivity contribution in [3.8, 4) is 0 Å². The smallest absolute Gasteiger partial charge is 0.328 e. The van der Waals surface area contributed by atoms with Gasteiger partial charge in [0.1, 0.15) is 5.60 Å². The molecule has 0 spiro atoms. The Morgan fingerprint density at radius 2 is 2.04 bits per heavy atom. The summed E-state index contributed by atoms with van der Waals surface area (Å²) >= 11 is 0. The third-order valence-electron chi connectivity index (χ3n) is 4.90. The molecular formula is C20H32O5. The monoisotopic (exact) mass is 352 g/mol. The van der Waals surface area contributed by atoms with Gasteiger partial charge in [-0.3, -0.25) is 4.79 Å². The normalized spacial score (nSPS) is 25.3. The number of carboxylic acids is 1. The number of aliphatic hydroxyl groups excluding tert-OH is 1. The molecule has 0 bridgehead atoms. The molecule has 1 aliphatic rings. The quantitative estimate of drug-likeness (QED) is 0.514. The molecule has 0 aliphatic carbocycles. The van der Waals surface area contributed by atoms with E-state index in [1.165, 1.54) is 5.57 Å². The fraction of sp³-hybridized carbons (Fsp3) is 0.700. The molecule has 0 saturated carbocycles. The standard InChI is InChI=1S/C20H32O5/c1-14(2)7-9-17(21)15(3)6-5-11-20(4)18(22)10-8-16(13-25-20)12-19(23)24/h7,12,15,17,21H,5-6,8-11,13H2,1-4H3,(H,23,24)/b16-12+/t15?,17?,20-/m0/s1. The lowest BCUT2D eigenvalue weighted by Gasteiger charge is -2.27. The van der Waals surface area contributed by atoms with Gasteiger partial charge in [-0.2, -0.15) is 0 Å². The molecule has 2 N–H and O–H groups in total. The maximum Gasteiger partial charge on any atom is 0.328 e. The Kier molecular flexibility index (Phi) is 8.53. The number of rotatable bonds is 8. The predicted octanol–water partition coefficient (Wildman–Crippen LogP) is 3.66. The summed E-state index contributed by atoms with van der Waals surface area (Å²) in [5.74, 6) is -0.824. The number of ketones is 1. The average molecular weight is 352 g/mol. The molecule has 1 saturated heterocycles. The molecule has 1 heterocycles. The van der Waals surface area contributed by atoms with Crippen molar-refractivity contribution in [2.75, 3.05) is 6.61 Å². The van der Waals surface area contributed by atoms with E-state index < -0.39 is 11.6 Å². The van der Waals surface area contributed by atoms with Gasteiger partial charge in [0, 0.05) is 12.5 Å². The van der Waals surface area contributed by atoms with E-state index in [9.17, 15) is 14.7 Å². The molecule has 0 radical (unpaired) electrons. The lowest BCUT2D eigenvalue weighted by Crippen LogP contribution is -2.37. The molecule has 2 unspecified atom stereocenters. The van der Waals surface area contributed by atoms with Crippen LogP contribution < -0.4 is 0 Å². The van der Waals surface area contributed by atoms with Gasteiger partial charge in [-0.1, -0.05) is 18.6 Å². The van der Waals surface area contributed by atoms with E-state index >= 15 is 0 Å². The SMILES string of the molecule is CC(C)=CCC(O)C(C)CCC[C@]1(C)OC/C(=C/C(=O)O)CCC1=O. The summed E-state index contributed by atoms with van der Waals surface area (Å²) in [4.78, 5) is 23.2. The average Bonchev–Trinajstić information content (AvgIpc) is 2.66. The van der Waals surface area contributed by atoms with Gasteiger partial charge in [-0.05, 0) is 64.4 Å². The molecule has 142 valence electrons. The van der Waals surface area contributed by atoms with Crippen LogP contribution in [0.15, 0.2) is 23.3 Å². The number of hydrogen-bond acceptors (Lipinski definition) is 4. The number of aliphatic carboxylic acids is 1. The first-order valence-electron chi connectivity index (χ1n) is 9.05. The van der Waals surface area contributed by atoms with Crippen LogP contribution >= 0.6 is 0 Å². The molecule has 1 rings (SSSR count). The molecule has 0 amide bonds. The van der Waals surface area contributed by atoms with Gasteiger partial charge in [-0.25, -0.2) is 4.79 Å². The second-order valence-electron chi connectivity index (χ2n) is 7.54. The fourth-order valence-corrected chi connectivity index (χ4v) is 2.99. The first kappa shape index (κ1) is 21.6. The first-order chi connectivity index (χ1) is 11.6. The number of aliphatic hydroxyl groups is 1. The number of Topliss-reactive ketones (excluding diaryl/α,β-unsaturated/α-hetero) is 1. The molecular weight excluding hydrogens is 320 g/mol. The maximum absolute atomic E-state index is 12.4. The van der Waals surface area contributed by atoms with E-state index in [4.69, 9.17) is 9.84 Å². The predicted molar refractivity (Wildman–Crippen MR) is 97.4 cm³/mol. The Morgan fingerprint density at radius 3 is 2.64 bits per heavy atom. The summed E-state index contributed by atoms with van der Waals surface area (Å²) < 4.78 is 5.78. The van der Waals surface area contributed by atoms with E-state index in [0.29, 0.717) is 31.3 Å². The molecule has 5 nitrogen and oxygen atoms in total. The number of carbonyl (C=O) groups excluding carboxylic acids is 1. The zero-order valence-electron chi connectivity index (χ0n) is 15.9. The van der Waals surface area contributed by atoms with Crippen LogP contribution in [-0.2, 0) is 14.3 Å². The number of carboxylic acid groups (broad SMARTS) is 1. The second kappa shape index (κ2) is 9.88. The molecule has 25 heavy (non-hydrogen) atoms. The Balaban J connectivity index is 2.53. The highest BCUT2D eigenvalue weighted by atomic mass is 16.5. The van der Waals surface area contributed by atoms with Crippen molar-refractivity contribution >= 4 is 11.8 Å². The number of hydrogen-bond donors (Lipinski definition) is 2. The first-order valence-corrected chi connectivity index (χ1v) is 9.05. The minimum absolute atomic E-state index is 0.0269. The molecule has 0 aromatic rings. The van der Waals surface area contributed by atoms with Crippen molar-refractivity contribution in [3.05, 3.63) is 23.3 Å². The van der Waals surface area contributed by atoms with Crippen molar-refractivity contribution in [3.63, 3.8) is 0 Å². The summed E-state index contributed by atoms with van der Waals surface area (Å²) in [6, 6.07) is 0.